The van der Waals surface area contributed by atoms with Gasteiger partial charge in [-0.3, -0.25) is 20.0 Å². The van der Waals surface area contributed by atoms with Crippen LogP contribution in [0.4, 0.5) is 5.95 Å². The first-order valence-electron chi connectivity index (χ1n) is 9.63. The minimum atomic E-state index is -0.0415. The molecule has 0 saturated carbocycles. The number of aromatic nitrogens is 4. The minimum absolute atomic E-state index is 0.00616. The number of nitrogens with zero attached hydrogens (tertiary/aromatic N) is 5. The average molecular weight is 376 g/mol. The molecule has 1 atom stereocenters. The molecule has 1 unspecified atom stereocenters. The number of hydrogen-bond acceptors (Lipinski definition) is 5. The first kappa shape index (κ1) is 18.3. The number of pyridine rings is 1. The normalized spacial score (nSPS) is 17.4. The highest BCUT2D eigenvalue weighted by Crippen LogP contribution is 2.20. The Hall–Kier alpha value is -3.06. The Morgan fingerprint density at radius 2 is 1.93 bits per heavy atom. The number of amides is 1. The number of piperidine rings is 1. The Kier molecular flexibility index (Phi) is 5.72. The maximum absolute atomic E-state index is 12.7. The van der Waals surface area contributed by atoms with E-state index in [0.29, 0.717) is 12.5 Å². The van der Waals surface area contributed by atoms with E-state index in [4.69, 9.17) is 0 Å². The number of benzene rings is 1. The summed E-state index contributed by atoms with van der Waals surface area (Å²) in [5.41, 5.74) is 2.17. The van der Waals surface area contributed by atoms with Crippen LogP contribution < -0.4 is 5.32 Å². The van der Waals surface area contributed by atoms with Crippen LogP contribution in [0.15, 0.2) is 61.1 Å². The molecule has 1 aliphatic heterocycles. The zero-order valence-electron chi connectivity index (χ0n) is 15.7. The Labute approximate surface area is 164 Å². The fourth-order valence-corrected chi connectivity index (χ4v) is 3.55. The summed E-state index contributed by atoms with van der Waals surface area (Å²) >= 11 is 0. The Bertz CT molecular complexity index is 896. The maximum atomic E-state index is 12.7. The van der Waals surface area contributed by atoms with Gasteiger partial charge in [-0.1, -0.05) is 36.4 Å². The number of carbonyl (C=O) groups excluding carboxylic acids is 1. The van der Waals surface area contributed by atoms with Crippen LogP contribution in [0.2, 0.25) is 0 Å². The van der Waals surface area contributed by atoms with Gasteiger partial charge in [0.15, 0.2) is 0 Å². The van der Waals surface area contributed by atoms with Gasteiger partial charge in [-0.05, 0) is 37.1 Å². The first-order valence-corrected chi connectivity index (χ1v) is 9.63. The number of hydrogen-bond donors (Lipinski definition) is 1. The summed E-state index contributed by atoms with van der Waals surface area (Å²) < 4.78 is 1.68. The molecule has 0 bridgehead atoms. The lowest BCUT2D eigenvalue weighted by Crippen LogP contribution is -2.40. The number of carbonyl (C=O) groups is 1. The van der Waals surface area contributed by atoms with Crippen LogP contribution >= 0.6 is 0 Å². The Balaban J connectivity index is 1.32. The lowest BCUT2D eigenvalue weighted by atomic mass is 9.96. The number of rotatable bonds is 6. The van der Waals surface area contributed by atoms with Crippen LogP contribution in [-0.2, 0) is 17.9 Å². The van der Waals surface area contributed by atoms with Gasteiger partial charge in [-0.25, -0.2) is 9.67 Å². The highest BCUT2D eigenvalue weighted by molar-refractivity contribution is 5.91. The lowest BCUT2D eigenvalue weighted by molar-refractivity contribution is -0.121. The van der Waals surface area contributed by atoms with Gasteiger partial charge in [0.05, 0.1) is 18.2 Å². The van der Waals surface area contributed by atoms with Gasteiger partial charge in [0.1, 0.15) is 6.33 Å². The molecule has 3 aromatic rings. The van der Waals surface area contributed by atoms with Crippen molar-refractivity contribution >= 4 is 11.9 Å². The summed E-state index contributed by atoms with van der Waals surface area (Å²) in [6.45, 7) is 3.19. The van der Waals surface area contributed by atoms with E-state index in [-0.39, 0.29) is 11.8 Å². The van der Waals surface area contributed by atoms with Crippen molar-refractivity contribution in [3.05, 3.63) is 72.3 Å². The van der Waals surface area contributed by atoms with Crippen molar-refractivity contribution in [3.8, 4) is 0 Å². The second kappa shape index (κ2) is 8.75. The van der Waals surface area contributed by atoms with E-state index in [1.54, 1.807) is 17.2 Å². The molecule has 7 heteroatoms. The highest BCUT2D eigenvalue weighted by atomic mass is 16.2. The van der Waals surface area contributed by atoms with Gasteiger partial charge in [0.2, 0.25) is 11.9 Å². The van der Waals surface area contributed by atoms with E-state index < -0.39 is 0 Å². The van der Waals surface area contributed by atoms with Crippen molar-refractivity contribution in [1.82, 2.24) is 24.6 Å². The van der Waals surface area contributed by atoms with Gasteiger partial charge in [-0.15, -0.1) is 5.10 Å². The first-order chi connectivity index (χ1) is 13.8. The van der Waals surface area contributed by atoms with Gasteiger partial charge >= 0.3 is 0 Å². The third kappa shape index (κ3) is 4.80. The van der Waals surface area contributed by atoms with Crippen LogP contribution in [0, 0.1) is 5.92 Å². The predicted molar refractivity (Wildman–Crippen MR) is 106 cm³/mol. The van der Waals surface area contributed by atoms with Gasteiger partial charge in [-0.2, -0.15) is 0 Å². The van der Waals surface area contributed by atoms with Crippen LogP contribution in [0.5, 0.6) is 0 Å². The standard InChI is InChI=1S/C21H24N6O/c28-20(18-9-6-12-26(14-18)13-17-7-2-1-3-8-17)24-21-23-16-27(25-21)15-19-10-4-5-11-22-19/h1-5,7-8,10-11,16,18H,6,9,12-15H2,(H,24,25,28). The molecule has 1 N–H and O–H groups in total. The highest BCUT2D eigenvalue weighted by Gasteiger charge is 2.26. The van der Waals surface area contributed by atoms with Gasteiger partial charge in [0.25, 0.3) is 0 Å². The zero-order valence-corrected chi connectivity index (χ0v) is 15.7. The van der Waals surface area contributed by atoms with E-state index in [2.05, 4.69) is 49.5 Å². The molecule has 144 valence electrons. The summed E-state index contributed by atoms with van der Waals surface area (Å²) in [5.74, 6) is 0.301. The lowest BCUT2D eigenvalue weighted by Gasteiger charge is -2.31. The maximum Gasteiger partial charge on any atom is 0.248 e. The molecule has 0 spiro atoms. The topological polar surface area (TPSA) is 75.9 Å². The summed E-state index contributed by atoms with van der Waals surface area (Å²) in [4.78, 5) is 23.5. The fourth-order valence-electron chi connectivity index (χ4n) is 3.55. The summed E-state index contributed by atoms with van der Waals surface area (Å²) in [6, 6.07) is 16.1. The molecule has 2 aromatic heterocycles. The number of likely N-dealkylation sites (tertiary alicyclic amines) is 1. The van der Waals surface area contributed by atoms with Crippen LogP contribution in [0.25, 0.3) is 0 Å². The molecule has 7 nitrogen and oxygen atoms in total. The van der Waals surface area contributed by atoms with E-state index >= 15 is 0 Å². The molecule has 0 radical (unpaired) electrons. The zero-order chi connectivity index (χ0) is 19.2. The third-order valence-electron chi connectivity index (χ3n) is 4.95. The largest absolute Gasteiger partial charge is 0.298 e. The van der Waals surface area contributed by atoms with Crippen LogP contribution in [0.3, 0.4) is 0 Å². The molecule has 4 rings (SSSR count). The van der Waals surface area contributed by atoms with Crippen LogP contribution in [-0.4, -0.2) is 43.6 Å². The monoisotopic (exact) mass is 376 g/mol. The molecule has 3 heterocycles. The molecule has 1 aliphatic rings. The van der Waals surface area contributed by atoms with Crippen molar-refractivity contribution < 1.29 is 4.79 Å². The Morgan fingerprint density at radius 3 is 2.75 bits per heavy atom. The van der Waals surface area contributed by atoms with Gasteiger partial charge in [0, 0.05) is 19.3 Å². The molecule has 1 saturated heterocycles. The number of nitrogens with one attached hydrogen (secondary N) is 1. The summed E-state index contributed by atoms with van der Waals surface area (Å²) in [6.07, 6.45) is 5.28. The van der Waals surface area contributed by atoms with Crippen molar-refractivity contribution in [3.63, 3.8) is 0 Å². The van der Waals surface area contributed by atoms with Crippen molar-refractivity contribution in [2.24, 2.45) is 5.92 Å². The third-order valence-corrected chi connectivity index (χ3v) is 4.95. The SMILES string of the molecule is O=C(Nc1ncn(Cc2ccccn2)n1)C1CCCN(Cc2ccccc2)C1. The smallest absolute Gasteiger partial charge is 0.248 e. The fraction of sp³-hybridized carbons (Fsp3) is 0.333. The molecule has 1 amide bonds. The number of anilines is 1. The summed E-state index contributed by atoms with van der Waals surface area (Å²) in [7, 11) is 0. The quantitative estimate of drug-likeness (QED) is 0.716. The molecule has 28 heavy (non-hydrogen) atoms. The molecule has 1 fully saturated rings. The Morgan fingerprint density at radius 1 is 1.07 bits per heavy atom. The van der Waals surface area contributed by atoms with E-state index in [0.717, 1.165) is 38.2 Å². The second-order valence-electron chi connectivity index (χ2n) is 7.14. The molecular formula is C21H24N6O. The van der Waals surface area contributed by atoms with Crippen LogP contribution in [0.1, 0.15) is 24.1 Å². The van der Waals surface area contributed by atoms with Crippen molar-refractivity contribution in [2.45, 2.75) is 25.9 Å². The van der Waals surface area contributed by atoms with Crippen molar-refractivity contribution in [1.29, 1.82) is 0 Å². The van der Waals surface area contributed by atoms with Crippen molar-refractivity contribution in [2.75, 3.05) is 18.4 Å². The van der Waals surface area contributed by atoms with E-state index in [1.807, 2.05) is 24.3 Å². The average Bonchev–Trinajstić information content (AvgIpc) is 3.16. The molecule has 1 aromatic carbocycles. The minimum Gasteiger partial charge on any atom is -0.298 e. The van der Waals surface area contributed by atoms with E-state index in [9.17, 15) is 4.79 Å². The van der Waals surface area contributed by atoms with E-state index in [1.165, 1.54) is 5.56 Å². The predicted octanol–water partition coefficient (Wildman–Crippen LogP) is 2.57. The molecule has 0 aliphatic carbocycles. The second-order valence-corrected chi connectivity index (χ2v) is 7.14. The summed E-state index contributed by atoms with van der Waals surface area (Å²) in [5, 5.41) is 7.22. The molecular weight excluding hydrogens is 352 g/mol. The van der Waals surface area contributed by atoms with Gasteiger partial charge < -0.3 is 0 Å².